The SMILES string of the molecule is CCOC(=O)c1cnc(N2CCc3cc4c(cc32)OCO4)nc1O. The average molecular weight is 329 g/mol. The maximum atomic E-state index is 11.7. The van der Waals surface area contributed by atoms with Crippen LogP contribution in [-0.4, -0.2) is 41.0 Å². The van der Waals surface area contributed by atoms with Gasteiger partial charge in [-0.25, -0.2) is 9.78 Å². The van der Waals surface area contributed by atoms with Gasteiger partial charge in [0.2, 0.25) is 18.6 Å². The molecule has 8 heteroatoms. The van der Waals surface area contributed by atoms with Gasteiger partial charge in [-0.15, -0.1) is 0 Å². The van der Waals surface area contributed by atoms with Crippen LogP contribution in [0.4, 0.5) is 11.6 Å². The van der Waals surface area contributed by atoms with Crippen LogP contribution in [0.15, 0.2) is 18.3 Å². The van der Waals surface area contributed by atoms with Gasteiger partial charge in [0, 0.05) is 12.6 Å². The molecule has 0 aliphatic carbocycles. The Bertz CT molecular complexity index is 824. The lowest BCUT2D eigenvalue weighted by atomic mass is 10.1. The van der Waals surface area contributed by atoms with Crippen molar-refractivity contribution in [3.8, 4) is 17.4 Å². The predicted molar refractivity (Wildman–Crippen MR) is 82.9 cm³/mol. The van der Waals surface area contributed by atoms with Gasteiger partial charge >= 0.3 is 5.97 Å². The summed E-state index contributed by atoms with van der Waals surface area (Å²) in [7, 11) is 0. The minimum Gasteiger partial charge on any atom is -0.493 e. The third kappa shape index (κ3) is 2.27. The van der Waals surface area contributed by atoms with Crippen LogP contribution in [0.1, 0.15) is 22.8 Å². The first-order valence-corrected chi connectivity index (χ1v) is 7.60. The Balaban J connectivity index is 1.67. The lowest BCUT2D eigenvalue weighted by Crippen LogP contribution is -2.17. The van der Waals surface area contributed by atoms with Crippen molar-refractivity contribution < 1.29 is 24.1 Å². The normalized spacial score (nSPS) is 14.6. The van der Waals surface area contributed by atoms with E-state index in [0.717, 1.165) is 23.4 Å². The lowest BCUT2D eigenvalue weighted by Gasteiger charge is -2.17. The van der Waals surface area contributed by atoms with Crippen molar-refractivity contribution >= 4 is 17.6 Å². The van der Waals surface area contributed by atoms with Gasteiger partial charge in [-0.3, -0.25) is 0 Å². The van der Waals surface area contributed by atoms with E-state index in [2.05, 4.69) is 9.97 Å². The Hall–Kier alpha value is -3.03. The van der Waals surface area contributed by atoms with Crippen molar-refractivity contribution in [1.82, 2.24) is 9.97 Å². The molecule has 1 aromatic carbocycles. The molecule has 8 nitrogen and oxygen atoms in total. The highest BCUT2D eigenvalue weighted by atomic mass is 16.7. The minimum absolute atomic E-state index is 0.0503. The largest absolute Gasteiger partial charge is 0.493 e. The van der Waals surface area contributed by atoms with Gasteiger partial charge < -0.3 is 24.2 Å². The number of rotatable bonds is 3. The van der Waals surface area contributed by atoms with E-state index >= 15 is 0 Å². The van der Waals surface area contributed by atoms with Crippen molar-refractivity contribution in [2.75, 3.05) is 24.8 Å². The van der Waals surface area contributed by atoms with Gasteiger partial charge in [0.15, 0.2) is 11.5 Å². The smallest absolute Gasteiger partial charge is 0.345 e. The first kappa shape index (κ1) is 14.6. The molecule has 124 valence electrons. The fourth-order valence-electron chi connectivity index (χ4n) is 2.83. The van der Waals surface area contributed by atoms with Crippen LogP contribution < -0.4 is 14.4 Å². The van der Waals surface area contributed by atoms with E-state index in [1.807, 2.05) is 17.0 Å². The fourth-order valence-corrected chi connectivity index (χ4v) is 2.83. The number of aromatic hydroxyl groups is 1. The second-order valence-corrected chi connectivity index (χ2v) is 5.36. The standard InChI is InChI=1S/C16H15N3O5/c1-2-22-15(21)10-7-17-16(18-14(10)20)19-4-3-9-5-12-13(6-11(9)19)24-8-23-12/h5-7H,2-4,8H2,1H3,(H,17,18,20). The summed E-state index contributed by atoms with van der Waals surface area (Å²) in [6, 6.07) is 3.83. The Labute approximate surface area is 137 Å². The highest BCUT2D eigenvalue weighted by molar-refractivity contribution is 5.91. The van der Waals surface area contributed by atoms with Gasteiger partial charge in [0.25, 0.3) is 0 Å². The molecule has 0 bridgehead atoms. The van der Waals surface area contributed by atoms with Crippen LogP contribution >= 0.6 is 0 Å². The minimum atomic E-state index is -0.647. The second-order valence-electron chi connectivity index (χ2n) is 5.36. The van der Waals surface area contributed by atoms with Crippen molar-refractivity contribution in [2.24, 2.45) is 0 Å². The number of hydrogen-bond donors (Lipinski definition) is 1. The highest BCUT2D eigenvalue weighted by Gasteiger charge is 2.28. The molecule has 2 aliphatic heterocycles. The first-order valence-electron chi connectivity index (χ1n) is 7.60. The Morgan fingerprint density at radius 3 is 2.92 bits per heavy atom. The maximum absolute atomic E-state index is 11.7. The number of nitrogens with zero attached hydrogens (tertiary/aromatic N) is 3. The number of aromatic nitrogens is 2. The van der Waals surface area contributed by atoms with Crippen molar-refractivity contribution in [1.29, 1.82) is 0 Å². The first-order chi connectivity index (χ1) is 11.7. The molecule has 24 heavy (non-hydrogen) atoms. The summed E-state index contributed by atoms with van der Waals surface area (Å²) in [5.74, 6) is 0.683. The zero-order chi connectivity index (χ0) is 16.7. The maximum Gasteiger partial charge on any atom is 0.345 e. The van der Waals surface area contributed by atoms with E-state index in [-0.39, 0.29) is 19.0 Å². The number of esters is 1. The van der Waals surface area contributed by atoms with E-state index in [9.17, 15) is 9.90 Å². The van der Waals surface area contributed by atoms with Crippen LogP contribution in [-0.2, 0) is 11.2 Å². The summed E-state index contributed by atoms with van der Waals surface area (Å²) in [6.45, 7) is 2.78. The van der Waals surface area contributed by atoms with Crippen molar-refractivity contribution in [3.63, 3.8) is 0 Å². The Morgan fingerprint density at radius 2 is 2.17 bits per heavy atom. The number of ether oxygens (including phenoxy) is 3. The Morgan fingerprint density at radius 1 is 1.38 bits per heavy atom. The zero-order valence-electron chi connectivity index (χ0n) is 13.0. The lowest BCUT2D eigenvalue weighted by molar-refractivity contribution is 0.0521. The number of fused-ring (bicyclic) bond motifs is 2. The van der Waals surface area contributed by atoms with Gasteiger partial charge in [-0.05, 0) is 25.0 Å². The molecule has 1 N–H and O–H groups in total. The summed E-state index contributed by atoms with van der Waals surface area (Å²) < 4.78 is 15.7. The summed E-state index contributed by atoms with van der Waals surface area (Å²) in [5, 5.41) is 10.0. The monoisotopic (exact) mass is 329 g/mol. The molecule has 0 spiro atoms. The summed E-state index contributed by atoms with van der Waals surface area (Å²) >= 11 is 0. The molecule has 0 saturated carbocycles. The molecule has 0 unspecified atom stereocenters. The van der Waals surface area contributed by atoms with Gasteiger partial charge in [0.1, 0.15) is 5.56 Å². The molecule has 3 heterocycles. The molecule has 0 radical (unpaired) electrons. The molecule has 0 fully saturated rings. The molecule has 0 saturated heterocycles. The van der Waals surface area contributed by atoms with Crippen molar-refractivity contribution in [2.45, 2.75) is 13.3 Å². The Kier molecular flexibility index (Phi) is 3.37. The van der Waals surface area contributed by atoms with Gasteiger partial charge in [-0.2, -0.15) is 4.98 Å². The molecular weight excluding hydrogens is 314 g/mol. The third-order valence-electron chi connectivity index (χ3n) is 3.96. The second kappa shape index (κ2) is 5.55. The number of carbonyl (C=O) groups is 1. The molecule has 2 aromatic rings. The molecule has 4 rings (SSSR count). The highest BCUT2D eigenvalue weighted by Crippen LogP contribution is 2.43. The summed E-state index contributed by atoms with van der Waals surface area (Å²) in [4.78, 5) is 21.8. The number of hydrogen-bond acceptors (Lipinski definition) is 8. The third-order valence-corrected chi connectivity index (χ3v) is 3.96. The van der Waals surface area contributed by atoms with Crippen LogP contribution in [0.25, 0.3) is 0 Å². The molecule has 0 atom stereocenters. The van der Waals surface area contributed by atoms with Gasteiger partial charge in [-0.1, -0.05) is 0 Å². The van der Waals surface area contributed by atoms with E-state index in [1.165, 1.54) is 6.20 Å². The predicted octanol–water partition coefficient (Wildman–Crippen LogP) is 1.78. The van der Waals surface area contributed by atoms with Crippen LogP contribution in [0.2, 0.25) is 0 Å². The van der Waals surface area contributed by atoms with Crippen LogP contribution in [0, 0.1) is 0 Å². The quantitative estimate of drug-likeness (QED) is 0.852. The van der Waals surface area contributed by atoms with E-state index in [4.69, 9.17) is 14.2 Å². The van der Waals surface area contributed by atoms with E-state index in [0.29, 0.717) is 18.2 Å². The summed E-state index contributed by atoms with van der Waals surface area (Å²) in [5.41, 5.74) is 1.95. The van der Waals surface area contributed by atoms with E-state index < -0.39 is 11.8 Å². The summed E-state index contributed by atoms with van der Waals surface area (Å²) in [6.07, 6.45) is 2.08. The van der Waals surface area contributed by atoms with Crippen LogP contribution in [0.3, 0.4) is 0 Å². The number of anilines is 2. The van der Waals surface area contributed by atoms with Crippen LogP contribution in [0.5, 0.6) is 17.4 Å². The fraction of sp³-hybridized carbons (Fsp3) is 0.312. The average Bonchev–Trinajstić information content (AvgIpc) is 3.18. The zero-order valence-corrected chi connectivity index (χ0v) is 13.0. The molecular formula is C16H15N3O5. The topological polar surface area (TPSA) is 94.0 Å². The van der Waals surface area contributed by atoms with E-state index in [1.54, 1.807) is 6.92 Å². The molecule has 2 aliphatic rings. The number of carbonyl (C=O) groups excluding carboxylic acids is 1. The molecule has 1 aromatic heterocycles. The number of benzene rings is 1. The van der Waals surface area contributed by atoms with Crippen molar-refractivity contribution in [3.05, 3.63) is 29.5 Å². The molecule has 0 amide bonds. The van der Waals surface area contributed by atoms with Gasteiger partial charge in [0.05, 0.1) is 18.5 Å².